The topological polar surface area (TPSA) is 134 Å². The van der Waals surface area contributed by atoms with Crippen LogP contribution in [-0.2, 0) is 17.5 Å². The number of nitrogens with zero attached hydrogens (tertiary/aromatic N) is 5. The van der Waals surface area contributed by atoms with Crippen molar-refractivity contribution in [1.29, 1.82) is 0 Å². The number of carbonyl (C=O) groups excluding carboxylic acids is 2. The fourth-order valence-corrected chi connectivity index (χ4v) is 5.70. The molecule has 2 aromatic heterocycles. The summed E-state index contributed by atoms with van der Waals surface area (Å²) in [6.45, 7) is 6.45. The van der Waals surface area contributed by atoms with Gasteiger partial charge in [0.25, 0.3) is 5.91 Å². The number of amides is 2. The Kier molecular flexibility index (Phi) is 6.77. The molecule has 10 nitrogen and oxygen atoms in total. The number of hydrogen-bond donors (Lipinski definition) is 2. The Morgan fingerprint density at radius 2 is 1.88 bits per heavy atom. The van der Waals surface area contributed by atoms with Gasteiger partial charge in [0, 0.05) is 24.8 Å². The molecule has 3 heterocycles. The molecule has 2 aliphatic rings. The molecule has 5 rings (SSSR count). The van der Waals surface area contributed by atoms with Crippen LogP contribution in [0.4, 0.5) is 28.2 Å². The minimum atomic E-state index is -4.69. The van der Waals surface area contributed by atoms with Gasteiger partial charge in [-0.1, -0.05) is 0 Å². The van der Waals surface area contributed by atoms with Crippen LogP contribution < -0.4 is 11.5 Å². The molecule has 0 atom stereocenters. The van der Waals surface area contributed by atoms with Crippen LogP contribution in [0.5, 0.6) is 0 Å². The summed E-state index contributed by atoms with van der Waals surface area (Å²) >= 11 is 0. The summed E-state index contributed by atoms with van der Waals surface area (Å²) in [6.07, 6.45) is 0.0169. The Labute approximate surface area is 233 Å². The quantitative estimate of drug-likeness (QED) is 0.426. The number of alkyl halides is 3. The average Bonchev–Trinajstić information content (AvgIpc) is 3.53. The normalized spacial score (nSPS) is 20.9. The predicted octanol–water partition coefficient (Wildman–Crippen LogP) is 4.60. The van der Waals surface area contributed by atoms with E-state index in [0.29, 0.717) is 37.6 Å². The second-order valence-electron chi connectivity index (χ2n) is 11.9. The molecular weight excluding hydrogens is 546 g/mol. The maximum Gasteiger partial charge on any atom is 0.416 e. The summed E-state index contributed by atoms with van der Waals surface area (Å²) in [4.78, 5) is 26.6. The number of halogens is 4. The highest BCUT2D eigenvalue weighted by Gasteiger charge is 2.51. The molecule has 41 heavy (non-hydrogen) atoms. The van der Waals surface area contributed by atoms with Crippen molar-refractivity contribution in [1.82, 2.24) is 24.5 Å². The van der Waals surface area contributed by atoms with Crippen LogP contribution in [0.15, 0.2) is 30.6 Å². The minimum Gasteiger partial charge on any atom is -0.444 e. The summed E-state index contributed by atoms with van der Waals surface area (Å²) in [5.74, 6) is -1.70. The van der Waals surface area contributed by atoms with Crippen molar-refractivity contribution in [2.24, 2.45) is 11.1 Å². The van der Waals surface area contributed by atoms with Gasteiger partial charge in [0.2, 0.25) is 0 Å². The van der Waals surface area contributed by atoms with Crippen LogP contribution in [0, 0.1) is 11.2 Å². The molecule has 220 valence electrons. The van der Waals surface area contributed by atoms with Crippen molar-refractivity contribution in [3.8, 4) is 11.3 Å². The van der Waals surface area contributed by atoms with Crippen molar-refractivity contribution >= 4 is 17.8 Å². The maximum absolute atomic E-state index is 13.8. The van der Waals surface area contributed by atoms with E-state index in [9.17, 15) is 27.2 Å². The van der Waals surface area contributed by atoms with Gasteiger partial charge in [-0.15, -0.1) is 0 Å². The number of rotatable bonds is 5. The number of primary amides is 1. The molecule has 1 saturated carbocycles. The van der Waals surface area contributed by atoms with Crippen LogP contribution in [0.3, 0.4) is 0 Å². The lowest BCUT2D eigenvalue weighted by Crippen LogP contribution is -2.43. The molecule has 1 spiro atoms. The molecule has 1 saturated heterocycles. The fourth-order valence-electron chi connectivity index (χ4n) is 5.70. The summed E-state index contributed by atoms with van der Waals surface area (Å²) < 4.78 is 61.5. The minimum absolute atomic E-state index is 0.0115. The Bertz CT molecular complexity index is 1500. The van der Waals surface area contributed by atoms with Gasteiger partial charge < -0.3 is 21.1 Å². The van der Waals surface area contributed by atoms with Crippen molar-refractivity contribution < 1.29 is 31.9 Å². The number of likely N-dealkylation sites (tertiary alicyclic amines) is 1. The molecular formula is C27H31F4N7O3. The Balaban J connectivity index is 1.33. The van der Waals surface area contributed by atoms with Crippen molar-refractivity contribution in [2.75, 3.05) is 18.8 Å². The van der Waals surface area contributed by atoms with Gasteiger partial charge in [-0.25, -0.2) is 13.9 Å². The third-order valence-corrected chi connectivity index (χ3v) is 7.50. The molecule has 3 aromatic rings. The van der Waals surface area contributed by atoms with E-state index in [1.165, 1.54) is 17.1 Å². The predicted molar refractivity (Wildman–Crippen MR) is 140 cm³/mol. The Morgan fingerprint density at radius 1 is 1.17 bits per heavy atom. The van der Waals surface area contributed by atoms with Gasteiger partial charge in [0.1, 0.15) is 28.5 Å². The van der Waals surface area contributed by atoms with E-state index in [1.54, 1.807) is 9.58 Å². The van der Waals surface area contributed by atoms with E-state index in [-0.39, 0.29) is 46.7 Å². The van der Waals surface area contributed by atoms with Crippen molar-refractivity contribution in [3.05, 3.63) is 53.1 Å². The van der Waals surface area contributed by atoms with Gasteiger partial charge in [-0.05, 0) is 69.2 Å². The second-order valence-corrected chi connectivity index (χ2v) is 11.9. The van der Waals surface area contributed by atoms with Gasteiger partial charge in [-0.3, -0.25) is 9.48 Å². The van der Waals surface area contributed by atoms with Crippen LogP contribution in [-0.4, -0.2) is 55.2 Å². The van der Waals surface area contributed by atoms with Crippen LogP contribution in [0.2, 0.25) is 0 Å². The Morgan fingerprint density at radius 3 is 2.51 bits per heavy atom. The molecule has 4 N–H and O–H groups in total. The molecule has 2 amide bonds. The smallest absolute Gasteiger partial charge is 0.416 e. The molecule has 0 bridgehead atoms. The lowest BCUT2D eigenvalue weighted by Gasteiger charge is -2.45. The van der Waals surface area contributed by atoms with Gasteiger partial charge >= 0.3 is 12.3 Å². The van der Waals surface area contributed by atoms with Crippen molar-refractivity contribution in [2.45, 2.75) is 64.4 Å². The first-order chi connectivity index (χ1) is 19.0. The monoisotopic (exact) mass is 577 g/mol. The SMILES string of the molecule is CC(C)(C)OC(=O)N1CC[C@]2(C1)C[C@H](n1nc(-c3cnn(Cc4cc(F)cc(C(F)(F)F)c4)c3)c(C(N)=O)c1N)C2. The lowest BCUT2D eigenvalue weighted by molar-refractivity contribution is -0.137. The summed E-state index contributed by atoms with van der Waals surface area (Å²) in [6, 6.07) is 2.16. The highest BCUT2D eigenvalue weighted by atomic mass is 19.4. The molecule has 1 aliphatic carbocycles. The molecule has 1 aliphatic heterocycles. The largest absolute Gasteiger partial charge is 0.444 e. The van der Waals surface area contributed by atoms with E-state index in [1.807, 2.05) is 20.8 Å². The second kappa shape index (κ2) is 9.77. The molecule has 1 aromatic carbocycles. The maximum atomic E-state index is 13.8. The van der Waals surface area contributed by atoms with Crippen LogP contribution >= 0.6 is 0 Å². The van der Waals surface area contributed by atoms with Gasteiger partial charge in [0.05, 0.1) is 24.3 Å². The molecule has 14 heteroatoms. The Hall–Kier alpha value is -4.10. The molecule has 0 radical (unpaired) electrons. The highest BCUT2D eigenvalue weighted by Crippen LogP contribution is 2.55. The number of nitrogens with two attached hydrogens (primary N) is 2. The number of aromatic nitrogens is 4. The molecule has 2 fully saturated rings. The van der Waals surface area contributed by atoms with E-state index in [0.717, 1.165) is 18.6 Å². The number of hydrogen-bond acceptors (Lipinski definition) is 6. The zero-order chi connectivity index (χ0) is 29.9. The highest BCUT2D eigenvalue weighted by molar-refractivity contribution is 6.03. The lowest BCUT2D eigenvalue weighted by atomic mass is 9.65. The van der Waals surface area contributed by atoms with Crippen molar-refractivity contribution in [3.63, 3.8) is 0 Å². The number of ether oxygens (including phenoxy) is 1. The zero-order valence-corrected chi connectivity index (χ0v) is 22.8. The van der Waals surface area contributed by atoms with E-state index in [4.69, 9.17) is 16.2 Å². The van der Waals surface area contributed by atoms with E-state index in [2.05, 4.69) is 10.2 Å². The average molecular weight is 578 g/mol. The number of nitrogen functional groups attached to an aromatic ring is 1. The van der Waals surface area contributed by atoms with Gasteiger partial charge in [-0.2, -0.15) is 23.4 Å². The van der Waals surface area contributed by atoms with E-state index >= 15 is 0 Å². The number of anilines is 1. The van der Waals surface area contributed by atoms with Crippen LogP contribution in [0.25, 0.3) is 11.3 Å². The summed E-state index contributed by atoms with van der Waals surface area (Å²) in [5, 5.41) is 8.74. The first-order valence-electron chi connectivity index (χ1n) is 13.1. The first-order valence-corrected chi connectivity index (χ1v) is 13.1. The zero-order valence-electron chi connectivity index (χ0n) is 22.8. The van der Waals surface area contributed by atoms with E-state index < -0.39 is 29.1 Å². The molecule has 0 unspecified atom stereocenters. The van der Waals surface area contributed by atoms with Gasteiger partial charge in [0.15, 0.2) is 0 Å². The summed E-state index contributed by atoms with van der Waals surface area (Å²) in [5.41, 5.74) is 10.8. The number of benzene rings is 1. The standard InChI is InChI=1S/C27H31F4N7O3/c1-25(2,3)41-24(40)36-5-4-26(14-36)9-19(10-26)38-22(32)20(23(33)39)21(35-38)16-11-34-37(13-16)12-15-6-17(27(29,30)31)8-18(28)7-15/h6-8,11,13,19H,4-5,9-10,12,14,32H2,1-3H3,(H2,33,39)/t19-,26-. The fraction of sp³-hybridized carbons (Fsp3) is 0.481. The third-order valence-electron chi connectivity index (χ3n) is 7.50. The number of carbonyl (C=O) groups is 2. The first kappa shape index (κ1) is 28.4. The third kappa shape index (κ3) is 5.72. The summed E-state index contributed by atoms with van der Waals surface area (Å²) in [7, 11) is 0. The van der Waals surface area contributed by atoms with Crippen LogP contribution in [0.1, 0.15) is 67.6 Å².